The molecular formula is C40H27NS. The third kappa shape index (κ3) is 4.25. The van der Waals surface area contributed by atoms with Crippen molar-refractivity contribution in [3.05, 3.63) is 164 Å². The lowest BCUT2D eigenvalue weighted by molar-refractivity contribution is 1.28. The number of para-hydroxylation sites is 2. The van der Waals surface area contributed by atoms with E-state index >= 15 is 0 Å². The highest BCUT2D eigenvalue weighted by atomic mass is 32.1. The summed E-state index contributed by atoms with van der Waals surface area (Å²) in [5.74, 6) is 0. The molecule has 0 spiro atoms. The van der Waals surface area contributed by atoms with Crippen molar-refractivity contribution in [3.8, 4) is 22.3 Å². The van der Waals surface area contributed by atoms with E-state index in [0.29, 0.717) is 0 Å². The minimum absolute atomic E-state index is 1.12. The lowest BCUT2D eigenvalue weighted by Gasteiger charge is -2.28. The number of benzene rings is 7. The molecule has 0 unspecified atom stereocenters. The molecule has 42 heavy (non-hydrogen) atoms. The normalized spacial score (nSPS) is 11.3. The van der Waals surface area contributed by atoms with Crippen LogP contribution in [0.25, 0.3) is 53.2 Å². The summed E-state index contributed by atoms with van der Waals surface area (Å²) in [6.45, 7) is 0. The number of fused-ring (bicyclic) bond motifs is 4. The van der Waals surface area contributed by atoms with Gasteiger partial charge in [0.15, 0.2) is 0 Å². The maximum Gasteiger partial charge on any atom is 0.0540 e. The standard InChI is InChI=1S/C40H27NS/c1-2-13-31(14-3-1)41(32-24-21-29(22-25-32)34-18-10-12-28-11-4-5-15-33(28)34)38-19-8-6-16-35(38)30-23-26-40-37(27-30)36-17-7-9-20-39(36)42-40/h1-27H. The summed E-state index contributed by atoms with van der Waals surface area (Å²) in [7, 11) is 0. The van der Waals surface area contributed by atoms with Crippen LogP contribution in [0, 0.1) is 0 Å². The van der Waals surface area contributed by atoms with Crippen LogP contribution in [-0.2, 0) is 0 Å². The first-order valence-corrected chi connectivity index (χ1v) is 15.1. The zero-order valence-electron chi connectivity index (χ0n) is 22.9. The Hall–Kier alpha value is -5.18. The molecule has 0 bridgehead atoms. The highest BCUT2D eigenvalue weighted by Crippen LogP contribution is 2.43. The van der Waals surface area contributed by atoms with Crippen LogP contribution in [0.3, 0.4) is 0 Å². The Kier molecular flexibility index (Phi) is 6.05. The summed E-state index contributed by atoms with van der Waals surface area (Å²) < 4.78 is 2.65. The van der Waals surface area contributed by atoms with Crippen molar-refractivity contribution in [1.29, 1.82) is 0 Å². The van der Waals surface area contributed by atoms with Crippen molar-refractivity contribution in [3.63, 3.8) is 0 Å². The zero-order chi connectivity index (χ0) is 27.9. The van der Waals surface area contributed by atoms with Crippen molar-refractivity contribution in [2.75, 3.05) is 4.90 Å². The molecule has 8 aromatic rings. The monoisotopic (exact) mass is 553 g/mol. The third-order valence-corrected chi connectivity index (χ3v) is 9.23. The Morgan fingerprint density at radius 2 is 1.00 bits per heavy atom. The van der Waals surface area contributed by atoms with E-state index in [0.717, 1.165) is 17.1 Å². The van der Waals surface area contributed by atoms with E-state index in [1.54, 1.807) is 0 Å². The topological polar surface area (TPSA) is 3.24 Å². The molecule has 0 amide bonds. The van der Waals surface area contributed by atoms with Gasteiger partial charge in [0.1, 0.15) is 0 Å². The Morgan fingerprint density at radius 1 is 0.381 bits per heavy atom. The van der Waals surface area contributed by atoms with Crippen LogP contribution in [0.2, 0.25) is 0 Å². The molecule has 2 heteroatoms. The van der Waals surface area contributed by atoms with Crippen LogP contribution in [0.4, 0.5) is 17.1 Å². The fourth-order valence-corrected chi connectivity index (χ4v) is 7.16. The van der Waals surface area contributed by atoms with Crippen molar-refractivity contribution < 1.29 is 0 Å². The van der Waals surface area contributed by atoms with E-state index in [-0.39, 0.29) is 0 Å². The largest absolute Gasteiger partial charge is 0.310 e. The fourth-order valence-electron chi connectivity index (χ4n) is 6.08. The molecule has 0 aliphatic heterocycles. The average Bonchev–Trinajstić information content (AvgIpc) is 3.44. The summed E-state index contributed by atoms with van der Waals surface area (Å²) >= 11 is 1.86. The van der Waals surface area contributed by atoms with Crippen molar-refractivity contribution in [2.45, 2.75) is 0 Å². The van der Waals surface area contributed by atoms with Gasteiger partial charge in [0, 0.05) is 37.1 Å². The second kappa shape index (κ2) is 10.3. The predicted octanol–water partition coefficient (Wildman–Crippen LogP) is 12.0. The van der Waals surface area contributed by atoms with Crippen LogP contribution < -0.4 is 4.90 Å². The third-order valence-electron chi connectivity index (χ3n) is 8.07. The molecule has 0 atom stereocenters. The SMILES string of the molecule is c1ccc(N(c2ccc(-c3cccc4ccccc34)cc2)c2ccccc2-c2ccc3sc4ccccc4c3c2)cc1. The molecule has 0 N–H and O–H groups in total. The van der Waals surface area contributed by atoms with Gasteiger partial charge in [-0.05, 0) is 76.0 Å². The van der Waals surface area contributed by atoms with E-state index in [1.165, 1.54) is 53.2 Å². The van der Waals surface area contributed by atoms with Crippen LogP contribution >= 0.6 is 11.3 Å². The first-order chi connectivity index (χ1) is 20.8. The molecule has 0 saturated heterocycles. The molecule has 1 nitrogen and oxygen atoms in total. The lowest BCUT2D eigenvalue weighted by atomic mass is 9.97. The highest BCUT2D eigenvalue weighted by Gasteiger charge is 2.18. The Bertz CT molecular complexity index is 2190. The molecule has 0 fully saturated rings. The quantitative estimate of drug-likeness (QED) is 0.205. The van der Waals surface area contributed by atoms with Gasteiger partial charge in [-0.15, -0.1) is 11.3 Å². The smallest absolute Gasteiger partial charge is 0.0540 e. The maximum atomic E-state index is 2.37. The van der Waals surface area contributed by atoms with Crippen molar-refractivity contribution >= 4 is 59.3 Å². The summed E-state index contributed by atoms with van der Waals surface area (Å²) in [6.07, 6.45) is 0. The van der Waals surface area contributed by atoms with E-state index in [2.05, 4.69) is 169 Å². The van der Waals surface area contributed by atoms with E-state index in [9.17, 15) is 0 Å². The molecular weight excluding hydrogens is 527 g/mol. The summed E-state index contributed by atoms with van der Waals surface area (Å²) in [4.78, 5) is 2.37. The van der Waals surface area contributed by atoms with Gasteiger partial charge < -0.3 is 4.90 Å². The Balaban J connectivity index is 1.27. The van der Waals surface area contributed by atoms with Crippen LogP contribution in [0.5, 0.6) is 0 Å². The van der Waals surface area contributed by atoms with Gasteiger partial charge in [0.05, 0.1) is 5.69 Å². The summed E-state index contributed by atoms with van der Waals surface area (Å²) in [5, 5.41) is 5.16. The number of thiophene rings is 1. The fraction of sp³-hybridized carbons (Fsp3) is 0. The molecule has 0 aliphatic carbocycles. The number of hydrogen-bond donors (Lipinski definition) is 0. The number of hydrogen-bond acceptors (Lipinski definition) is 2. The maximum absolute atomic E-state index is 2.37. The summed E-state index contributed by atoms with van der Waals surface area (Å²) in [6, 6.07) is 59.2. The van der Waals surface area contributed by atoms with Gasteiger partial charge in [0.25, 0.3) is 0 Å². The second-order valence-electron chi connectivity index (χ2n) is 10.6. The molecule has 8 rings (SSSR count). The molecule has 198 valence electrons. The molecule has 1 aromatic heterocycles. The Labute approximate surface area is 249 Å². The number of anilines is 3. The van der Waals surface area contributed by atoms with E-state index in [1.807, 2.05) is 11.3 Å². The Morgan fingerprint density at radius 3 is 1.88 bits per heavy atom. The van der Waals surface area contributed by atoms with Crippen LogP contribution in [0.15, 0.2) is 164 Å². The van der Waals surface area contributed by atoms with Gasteiger partial charge in [0.2, 0.25) is 0 Å². The van der Waals surface area contributed by atoms with Crippen LogP contribution in [0.1, 0.15) is 0 Å². The number of nitrogens with zero attached hydrogens (tertiary/aromatic N) is 1. The first-order valence-electron chi connectivity index (χ1n) is 14.3. The molecule has 0 saturated carbocycles. The van der Waals surface area contributed by atoms with Gasteiger partial charge >= 0.3 is 0 Å². The minimum atomic E-state index is 1.12. The van der Waals surface area contributed by atoms with E-state index in [4.69, 9.17) is 0 Å². The highest BCUT2D eigenvalue weighted by molar-refractivity contribution is 7.25. The number of rotatable bonds is 5. The molecule has 0 aliphatic rings. The van der Waals surface area contributed by atoms with Gasteiger partial charge in [-0.2, -0.15) is 0 Å². The lowest BCUT2D eigenvalue weighted by Crippen LogP contribution is -2.11. The molecule has 7 aromatic carbocycles. The van der Waals surface area contributed by atoms with E-state index < -0.39 is 0 Å². The van der Waals surface area contributed by atoms with Crippen LogP contribution in [-0.4, -0.2) is 0 Å². The molecule has 0 radical (unpaired) electrons. The zero-order valence-corrected chi connectivity index (χ0v) is 23.8. The van der Waals surface area contributed by atoms with Gasteiger partial charge in [-0.1, -0.05) is 115 Å². The van der Waals surface area contributed by atoms with Gasteiger partial charge in [-0.25, -0.2) is 0 Å². The summed E-state index contributed by atoms with van der Waals surface area (Å²) in [5.41, 5.74) is 8.30. The van der Waals surface area contributed by atoms with Crippen molar-refractivity contribution in [1.82, 2.24) is 0 Å². The van der Waals surface area contributed by atoms with Crippen molar-refractivity contribution in [2.24, 2.45) is 0 Å². The van der Waals surface area contributed by atoms with Gasteiger partial charge in [-0.3, -0.25) is 0 Å². The molecule has 1 heterocycles. The minimum Gasteiger partial charge on any atom is -0.310 e. The predicted molar refractivity (Wildman–Crippen MR) is 182 cm³/mol. The first kappa shape index (κ1) is 24.6. The average molecular weight is 554 g/mol. The second-order valence-corrected chi connectivity index (χ2v) is 11.7.